The average Bonchev–Trinajstić information content (AvgIpc) is 3.48. The third-order valence-corrected chi connectivity index (χ3v) is 6.85. The van der Waals surface area contributed by atoms with E-state index in [2.05, 4.69) is 9.98 Å². The summed E-state index contributed by atoms with van der Waals surface area (Å²) in [5, 5.41) is 66.4. The van der Waals surface area contributed by atoms with Gasteiger partial charge in [0.1, 0.15) is 0 Å². The molecule has 5 rings (SSSR count). The van der Waals surface area contributed by atoms with E-state index in [-0.39, 0.29) is 33.8 Å². The number of aromatic nitrogens is 1. The number of hydrogen-bond donors (Lipinski definition) is 8. The lowest BCUT2D eigenvalue weighted by molar-refractivity contribution is 0.389. The van der Waals surface area contributed by atoms with Crippen LogP contribution in [0, 0.1) is 0 Å². The Morgan fingerprint density at radius 1 is 0.892 bits per heavy atom. The van der Waals surface area contributed by atoms with E-state index in [1.807, 2.05) is 20.8 Å². The minimum absolute atomic E-state index is 0.0656. The Balaban J connectivity index is 1.87. The highest BCUT2D eigenvalue weighted by Crippen LogP contribution is 2.58. The van der Waals surface area contributed by atoms with Crippen molar-refractivity contribution < 1.29 is 30.6 Å². The molecule has 9 N–H and O–H groups in total. The van der Waals surface area contributed by atoms with E-state index in [4.69, 9.17) is 5.73 Å². The summed E-state index contributed by atoms with van der Waals surface area (Å²) < 4.78 is 0. The highest BCUT2D eigenvalue weighted by Gasteiger charge is 2.35. The fourth-order valence-corrected chi connectivity index (χ4v) is 5.27. The first-order valence-corrected chi connectivity index (χ1v) is 11.9. The lowest BCUT2D eigenvalue weighted by Crippen LogP contribution is -2.12. The van der Waals surface area contributed by atoms with Crippen LogP contribution in [0.4, 0.5) is 5.69 Å². The lowest BCUT2D eigenvalue weighted by Gasteiger charge is -2.26. The summed E-state index contributed by atoms with van der Waals surface area (Å²) in [4.78, 5) is 7.50. The zero-order valence-corrected chi connectivity index (χ0v) is 20.7. The topological polar surface area (TPSA) is 176 Å². The fourth-order valence-electron chi connectivity index (χ4n) is 5.27. The summed E-state index contributed by atoms with van der Waals surface area (Å²) in [5.74, 6) is -2.76. The minimum Gasteiger partial charge on any atom is -0.504 e. The Bertz CT molecular complexity index is 1610. The third kappa shape index (κ3) is 3.54. The summed E-state index contributed by atoms with van der Waals surface area (Å²) in [6, 6.07) is 4.64. The Morgan fingerprint density at radius 3 is 2.24 bits per heavy atom. The summed E-state index contributed by atoms with van der Waals surface area (Å²) in [6.45, 7) is 6.01. The van der Waals surface area contributed by atoms with Gasteiger partial charge in [-0.1, -0.05) is 20.8 Å². The minimum atomic E-state index is -0.573. The second kappa shape index (κ2) is 8.35. The average molecular weight is 504 g/mol. The molecule has 0 radical (unpaired) electrons. The molecule has 3 aromatic carbocycles. The van der Waals surface area contributed by atoms with Crippen molar-refractivity contribution in [2.45, 2.75) is 39.0 Å². The molecule has 1 aromatic heterocycles. The van der Waals surface area contributed by atoms with Crippen molar-refractivity contribution in [1.29, 1.82) is 0 Å². The van der Waals surface area contributed by atoms with Gasteiger partial charge in [0.2, 0.25) is 0 Å². The molecule has 192 valence electrons. The van der Waals surface area contributed by atoms with Gasteiger partial charge in [-0.25, -0.2) is 0 Å². The molecule has 2 heterocycles. The molecule has 0 aliphatic carbocycles. The normalized spacial score (nSPS) is 13.0. The number of phenols is 6. The highest BCUT2D eigenvalue weighted by molar-refractivity contribution is 6.12. The molecule has 4 aromatic rings. The van der Waals surface area contributed by atoms with Crippen LogP contribution >= 0.6 is 0 Å². The van der Waals surface area contributed by atoms with Crippen LogP contribution in [0.3, 0.4) is 0 Å². The van der Waals surface area contributed by atoms with Crippen molar-refractivity contribution in [1.82, 2.24) is 4.98 Å². The monoisotopic (exact) mass is 503 g/mol. The Morgan fingerprint density at radius 2 is 1.57 bits per heavy atom. The number of nitrogens with two attached hydrogens (primary N) is 1. The van der Waals surface area contributed by atoms with Gasteiger partial charge in [-0.05, 0) is 47.7 Å². The van der Waals surface area contributed by atoms with Gasteiger partial charge in [0.25, 0.3) is 0 Å². The molecule has 0 saturated carbocycles. The molecule has 9 nitrogen and oxygen atoms in total. The third-order valence-electron chi connectivity index (χ3n) is 6.85. The summed E-state index contributed by atoms with van der Waals surface area (Å²) >= 11 is 0. The maximum atomic E-state index is 11.4. The van der Waals surface area contributed by atoms with E-state index >= 15 is 0 Å². The summed E-state index contributed by atoms with van der Waals surface area (Å²) in [5.41, 5.74) is 8.14. The van der Waals surface area contributed by atoms with Crippen molar-refractivity contribution in [3.63, 3.8) is 0 Å². The van der Waals surface area contributed by atoms with Crippen LogP contribution in [0.25, 0.3) is 33.2 Å². The first-order valence-electron chi connectivity index (χ1n) is 11.9. The first-order chi connectivity index (χ1) is 17.5. The van der Waals surface area contributed by atoms with Gasteiger partial charge < -0.3 is 41.4 Å². The molecular formula is C28H29N3O6. The molecule has 0 atom stereocenters. The van der Waals surface area contributed by atoms with Crippen LogP contribution < -0.4 is 5.73 Å². The van der Waals surface area contributed by atoms with Gasteiger partial charge in [-0.2, -0.15) is 0 Å². The van der Waals surface area contributed by atoms with Crippen molar-refractivity contribution in [3.05, 3.63) is 41.1 Å². The number of H-pyrrole nitrogens is 1. The van der Waals surface area contributed by atoms with Crippen LogP contribution in [0.15, 0.2) is 29.4 Å². The van der Waals surface area contributed by atoms with E-state index in [0.29, 0.717) is 52.7 Å². The first kappa shape index (κ1) is 24.3. The number of fused-ring (bicyclic) bond motifs is 2. The van der Waals surface area contributed by atoms with Crippen molar-refractivity contribution in [2.24, 2.45) is 10.7 Å². The number of hydrogen-bond acceptors (Lipinski definition) is 8. The predicted molar refractivity (Wildman–Crippen MR) is 142 cm³/mol. The zero-order chi connectivity index (χ0) is 26.8. The van der Waals surface area contributed by atoms with E-state index in [1.54, 1.807) is 24.5 Å². The zero-order valence-electron chi connectivity index (χ0n) is 20.7. The standard InChI is InChI=1S/C28H29N3O6/c1-28(2,3)20-22-14(6-9-31-22)18(25(35)27(20)37)17-13-5-8-30-21(13)19(26(36)24(17)34)15-10-12(4-7-29)11-16(32)23(15)33/h5,8-11,30,32-37H,4,6-7,29H2,1-3H3. The molecule has 0 unspecified atom stereocenters. The fraction of sp³-hybridized carbons (Fsp3) is 0.250. The van der Waals surface area contributed by atoms with Crippen LogP contribution in [0.5, 0.6) is 34.5 Å². The molecule has 0 amide bonds. The second-order valence-corrected chi connectivity index (χ2v) is 10.3. The maximum absolute atomic E-state index is 11.4. The second-order valence-electron chi connectivity index (χ2n) is 10.3. The van der Waals surface area contributed by atoms with Crippen molar-refractivity contribution in [3.8, 4) is 56.8 Å². The summed E-state index contributed by atoms with van der Waals surface area (Å²) in [7, 11) is 0. The summed E-state index contributed by atoms with van der Waals surface area (Å²) in [6.07, 6.45) is 4.03. The molecule has 1 aliphatic heterocycles. The van der Waals surface area contributed by atoms with Crippen LogP contribution in [0.2, 0.25) is 0 Å². The van der Waals surface area contributed by atoms with E-state index < -0.39 is 28.4 Å². The molecule has 9 heteroatoms. The predicted octanol–water partition coefficient (Wildman–Crippen LogP) is 4.79. The molecule has 0 saturated heterocycles. The quantitative estimate of drug-likeness (QED) is 0.185. The Hall–Kier alpha value is -4.37. The number of nitrogens with zero attached hydrogens (tertiary/aromatic N) is 1. The number of rotatable bonds is 4. The number of aliphatic imine (C=N–C) groups is 1. The number of aromatic amines is 1. The van der Waals surface area contributed by atoms with Crippen molar-refractivity contribution >= 4 is 22.8 Å². The van der Waals surface area contributed by atoms with Gasteiger partial charge in [0, 0.05) is 46.5 Å². The van der Waals surface area contributed by atoms with Gasteiger partial charge in [0.15, 0.2) is 34.5 Å². The molecule has 0 spiro atoms. The molecular weight excluding hydrogens is 474 g/mol. The Labute approximate surface area is 212 Å². The number of aromatic hydroxyl groups is 6. The number of nitrogens with one attached hydrogen (secondary N) is 1. The number of benzene rings is 3. The molecule has 1 aliphatic rings. The van der Waals surface area contributed by atoms with E-state index in [9.17, 15) is 30.6 Å². The molecule has 0 bridgehead atoms. The van der Waals surface area contributed by atoms with Crippen LogP contribution in [-0.2, 0) is 18.3 Å². The Kier molecular flexibility index (Phi) is 5.49. The highest BCUT2D eigenvalue weighted by atomic mass is 16.3. The van der Waals surface area contributed by atoms with E-state index in [0.717, 1.165) is 0 Å². The van der Waals surface area contributed by atoms with Gasteiger partial charge in [0.05, 0.1) is 16.8 Å². The van der Waals surface area contributed by atoms with Crippen LogP contribution in [0.1, 0.15) is 37.5 Å². The molecule has 0 fully saturated rings. The smallest absolute Gasteiger partial charge is 0.168 e. The largest absolute Gasteiger partial charge is 0.504 e. The van der Waals surface area contributed by atoms with Gasteiger partial charge >= 0.3 is 0 Å². The lowest BCUT2D eigenvalue weighted by atomic mass is 9.80. The maximum Gasteiger partial charge on any atom is 0.168 e. The van der Waals surface area contributed by atoms with Gasteiger partial charge in [-0.15, -0.1) is 0 Å². The van der Waals surface area contributed by atoms with Gasteiger partial charge in [-0.3, -0.25) is 4.99 Å². The van der Waals surface area contributed by atoms with E-state index in [1.165, 1.54) is 6.07 Å². The molecule has 37 heavy (non-hydrogen) atoms. The van der Waals surface area contributed by atoms with Crippen LogP contribution in [-0.4, -0.2) is 48.4 Å². The number of phenolic OH excluding ortho intramolecular Hbond substituents is 6. The van der Waals surface area contributed by atoms with Crippen molar-refractivity contribution in [2.75, 3.05) is 6.54 Å². The SMILES string of the molecule is CC(C)(C)c1c(O)c(O)c(-c2c(O)c(O)c(-c3cc(CCN)cc(O)c3O)c3[nH]ccc23)c2c1N=CC2.